The van der Waals surface area contributed by atoms with E-state index in [9.17, 15) is 19.0 Å². The van der Waals surface area contributed by atoms with E-state index in [0.717, 1.165) is 57.8 Å². The van der Waals surface area contributed by atoms with E-state index < -0.39 is 26.5 Å². The zero-order valence-corrected chi connectivity index (χ0v) is 50.2. The molecular weight excluding hydrogens is 942 g/mol. The first kappa shape index (κ1) is 72.0. The van der Waals surface area contributed by atoms with Crippen molar-refractivity contribution in [1.29, 1.82) is 0 Å². The Morgan fingerprint density at radius 2 is 0.770 bits per heavy atom. The van der Waals surface area contributed by atoms with Crippen molar-refractivity contribution in [3.8, 4) is 0 Å². The molecule has 2 atom stereocenters. The van der Waals surface area contributed by atoms with E-state index in [1.165, 1.54) is 205 Å². The highest BCUT2D eigenvalue weighted by Crippen LogP contribution is 2.43. The Bertz CT molecular complexity index is 1390. The van der Waals surface area contributed by atoms with Crippen LogP contribution in [-0.2, 0) is 32.7 Å². The van der Waals surface area contributed by atoms with Gasteiger partial charge in [-0.05, 0) is 70.6 Å². The Kier molecular flexibility index (Phi) is 54.2. The second kappa shape index (κ2) is 55.7. The van der Waals surface area contributed by atoms with E-state index in [1.807, 2.05) is 21.1 Å². The van der Waals surface area contributed by atoms with Crippen molar-refractivity contribution in [2.45, 2.75) is 302 Å². The first-order valence-corrected chi connectivity index (χ1v) is 32.9. The lowest BCUT2D eigenvalue weighted by Crippen LogP contribution is -2.37. The van der Waals surface area contributed by atoms with Crippen LogP contribution in [0.1, 0.15) is 296 Å². The topological polar surface area (TPSA) is 108 Å². The molecule has 2 unspecified atom stereocenters. The molecule has 0 spiro atoms. The van der Waals surface area contributed by atoms with Crippen LogP contribution in [0.2, 0.25) is 0 Å². The number of rotatable bonds is 58. The smallest absolute Gasteiger partial charge is 0.462 e. The number of hydrogen-bond donors (Lipinski definition) is 1. The molecule has 1 N–H and O–H groups in total. The van der Waals surface area contributed by atoms with Gasteiger partial charge in [-0.1, -0.05) is 262 Å². The molecule has 0 radical (unpaired) electrons. The fourth-order valence-electron chi connectivity index (χ4n) is 9.03. The van der Waals surface area contributed by atoms with Gasteiger partial charge in [0.05, 0.1) is 27.7 Å². The molecule has 0 saturated heterocycles. The van der Waals surface area contributed by atoms with Gasteiger partial charge in [-0.15, -0.1) is 0 Å². The Morgan fingerprint density at radius 3 is 1.18 bits per heavy atom. The predicted molar refractivity (Wildman–Crippen MR) is 317 cm³/mol. The van der Waals surface area contributed by atoms with Crippen LogP contribution in [-0.4, -0.2) is 74.9 Å². The molecule has 0 aliphatic rings. The standard InChI is InChI=1S/C64H120NO8P/c1-6-8-10-12-14-16-18-20-21-22-23-24-25-26-27-28-29-30-31-32-33-34-35-36-37-38-39-40-41-42-43-45-46-48-50-52-54-56-63(66)70-60-62(61-72-74(68,69)71-59-58-65(3,4)5)73-64(67)57-55-53-51-49-47-44-19-17-15-13-11-9-7-2/h9,11,15,17,22-23,44,47,62H,6-8,10,12-14,16,18-21,24-43,45-46,48-61H2,1-5H3/p+1/b11-9-,17-15-,23-22-,47-44-. The predicted octanol–water partition coefficient (Wildman–Crippen LogP) is 19.7. The monoisotopic (exact) mass is 1060 g/mol. The minimum absolute atomic E-state index is 0.0261. The van der Waals surface area contributed by atoms with Crippen LogP contribution in [0, 0.1) is 0 Å². The molecule has 0 amide bonds. The maximum Gasteiger partial charge on any atom is 0.472 e. The lowest BCUT2D eigenvalue weighted by atomic mass is 10.0. The Balaban J connectivity index is 3.88. The van der Waals surface area contributed by atoms with Gasteiger partial charge in [-0.3, -0.25) is 18.6 Å². The van der Waals surface area contributed by atoms with Crippen LogP contribution in [0.3, 0.4) is 0 Å². The van der Waals surface area contributed by atoms with Crippen molar-refractivity contribution in [2.75, 3.05) is 47.5 Å². The third-order valence-corrected chi connectivity index (χ3v) is 14.8. The van der Waals surface area contributed by atoms with Crippen LogP contribution < -0.4 is 0 Å². The van der Waals surface area contributed by atoms with Gasteiger partial charge in [-0.2, -0.15) is 0 Å². The molecule has 0 aliphatic carbocycles. The fourth-order valence-corrected chi connectivity index (χ4v) is 9.77. The number of likely N-dealkylation sites (N-methyl/N-ethyl adjacent to an activating group) is 1. The van der Waals surface area contributed by atoms with E-state index in [-0.39, 0.29) is 32.0 Å². The summed E-state index contributed by atoms with van der Waals surface area (Å²) in [5, 5.41) is 0. The fraction of sp³-hybridized carbons (Fsp3) is 0.844. The van der Waals surface area contributed by atoms with Crippen molar-refractivity contribution in [3.05, 3.63) is 48.6 Å². The molecule has 0 rings (SSSR count). The number of allylic oxidation sites excluding steroid dienone is 8. The molecule has 0 fully saturated rings. The van der Waals surface area contributed by atoms with Gasteiger partial charge in [0.25, 0.3) is 0 Å². The number of carbonyl (C=O) groups excluding carboxylic acids is 2. The van der Waals surface area contributed by atoms with Gasteiger partial charge in [0.1, 0.15) is 19.8 Å². The average molecular weight is 1060 g/mol. The SMILES string of the molecule is CC/C=C\C/C=C\C/C=C\CCCCCC(=O)OC(COC(=O)CCCCCCCCCCCCCCCCCCCCCCCCCCC/C=C\CCCCCCCCCC)COP(=O)(O)OCC[N+](C)(C)C. The second-order valence-electron chi connectivity index (χ2n) is 22.4. The van der Waals surface area contributed by atoms with Crippen LogP contribution >= 0.6 is 7.82 Å². The van der Waals surface area contributed by atoms with Crippen molar-refractivity contribution < 1.29 is 42.1 Å². The number of phosphoric ester groups is 1. The second-order valence-corrected chi connectivity index (χ2v) is 23.9. The molecule has 434 valence electrons. The number of phosphoric acid groups is 1. The van der Waals surface area contributed by atoms with E-state index >= 15 is 0 Å². The molecule has 0 aromatic rings. The molecule has 9 nitrogen and oxygen atoms in total. The molecule has 0 aliphatic heterocycles. The molecule has 0 saturated carbocycles. The summed E-state index contributed by atoms with van der Waals surface area (Å²) in [4.78, 5) is 35.6. The Morgan fingerprint density at radius 1 is 0.432 bits per heavy atom. The molecule has 0 heterocycles. The van der Waals surface area contributed by atoms with E-state index in [4.69, 9.17) is 18.5 Å². The third-order valence-electron chi connectivity index (χ3n) is 13.8. The lowest BCUT2D eigenvalue weighted by Gasteiger charge is -2.24. The minimum Gasteiger partial charge on any atom is -0.462 e. The summed E-state index contributed by atoms with van der Waals surface area (Å²) in [6, 6.07) is 0. The van der Waals surface area contributed by atoms with Gasteiger partial charge < -0.3 is 18.9 Å². The number of carbonyl (C=O) groups is 2. The number of esters is 2. The number of ether oxygens (including phenoxy) is 2. The zero-order chi connectivity index (χ0) is 54.2. The molecule has 0 aromatic carbocycles. The molecule has 0 aromatic heterocycles. The van der Waals surface area contributed by atoms with Crippen LogP contribution in [0.4, 0.5) is 0 Å². The lowest BCUT2D eigenvalue weighted by molar-refractivity contribution is -0.870. The Labute approximate surface area is 458 Å². The minimum atomic E-state index is -4.39. The molecular formula is C64H121NO8P+. The Hall–Kier alpha value is -2.03. The van der Waals surface area contributed by atoms with Crippen LogP contribution in [0.5, 0.6) is 0 Å². The summed E-state index contributed by atoms with van der Waals surface area (Å²) >= 11 is 0. The summed E-state index contributed by atoms with van der Waals surface area (Å²) in [6.07, 6.45) is 71.0. The van der Waals surface area contributed by atoms with Gasteiger partial charge in [-0.25, -0.2) is 4.57 Å². The molecule has 10 heteroatoms. The van der Waals surface area contributed by atoms with Gasteiger partial charge >= 0.3 is 19.8 Å². The van der Waals surface area contributed by atoms with E-state index in [1.54, 1.807) is 0 Å². The van der Waals surface area contributed by atoms with Crippen molar-refractivity contribution >= 4 is 19.8 Å². The maximum atomic E-state index is 12.7. The number of unbranched alkanes of at least 4 members (excludes halogenated alkanes) is 36. The van der Waals surface area contributed by atoms with Crippen LogP contribution in [0.15, 0.2) is 48.6 Å². The van der Waals surface area contributed by atoms with Gasteiger partial charge in [0, 0.05) is 12.8 Å². The normalized spacial score (nSPS) is 13.5. The van der Waals surface area contributed by atoms with Crippen molar-refractivity contribution in [2.24, 2.45) is 0 Å². The maximum absolute atomic E-state index is 12.7. The summed E-state index contributed by atoms with van der Waals surface area (Å²) in [7, 11) is 1.46. The van der Waals surface area contributed by atoms with Gasteiger partial charge in [0.2, 0.25) is 0 Å². The first-order valence-electron chi connectivity index (χ1n) is 31.4. The highest BCUT2D eigenvalue weighted by molar-refractivity contribution is 7.47. The van der Waals surface area contributed by atoms with E-state index in [0.29, 0.717) is 17.4 Å². The number of hydrogen-bond acceptors (Lipinski definition) is 7. The summed E-state index contributed by atoms with van der Waals surface area (Å²) < 4.78 is 34.5. The molecule has 74 heavy (non-hydrogen) atoms. The largest absolute Gasteiger partial charge is 0.472 e. The van der Waals surface area contributed by atoms with Gasteiger partial charge in [0.15, 0.2) is 6.10 Å². The highest BCUT2D eigenvalue weighted by Gasteiger charge is 2.27. The van der Waals surface area contributed by atoms with E-state index in [2.05, 4.69) is 62.5 Å². The number of quaternary nitrogens is 1. The highest BCUT2D eigenvalue weighted by atomic mass is 31.2. The summed E-state index contributed by atoms with van der Waals surface area (Å²) in [6.45, 7) is 4.31. The molecule has 0 bridgehead atoms. The zero-order valence-electron chi connectivity index (χ0n) is 49.3. The summed E-state index contributed by atoms with van der Waals surface area (Å²) in [5.74, 6) is -0.823. The third kappa shape index (κ3) is 59.2. The van der Waals surface area contributed by atoms with Crippen molar-refractivity contribution in [3.63, 3.8) is 0 Å². The van der Waals surface area contributed by atoms with Crippen LogP contribution in [0.25, 0.3) is 0 Å². The van der Waals surface area contributed by atoms with Crippen molar-refractivity contribution in [1.82, 2.24) is 0 Å². The average Bonchev–Trinajstić information content (AvgIpc) is 3.36. The summed E-state index contributed by atoms with van der Waals surface area (Å²) in [5.41, 5.74) is 0. The quantitative estimate of drug-likeness (QED) is 0.0211. The number of nitrogens with zero attached hydrogens (tertiary/aromatic N) is 1. The first-order chi connectivity index (χ1) is 36.0.